The van der Waals surface area contributed by atoms with Crippen molar-refractivity contribution < 1.29 is 19.1 Å². The largest absolute Gasteiger partial charge is 0.482 e. The van der Waals surface area contributed by atoms with Crippen molar-refractivity contribution in [1.82, 2.24) is 0 Å². The zero-order valence-corrected chi connectivity index (χ0v) is 12.4. The van der Waals surface area contributed by atoms with E-state index in [0.717, 1.165) is 0 Å². The van der Waals surface area contributed by atoms with Gasteiger partial charge in [0, 0.05) is 5.02 Å². The number of benzene rings is 1. The Morgan fingerprint density at radius 2 is 2.05 bits per heavy atom. The first-order valence-electron chi connectivity index (χ1n) is 6.08. The fourth-order valence-electron chi connectivity index (χ4n) is 1.40. The van der Waals surface area contributed by atoms with Crippen LogP contribution in [0.25, 0.3) is 6.08 Å². The normalized spacial score (nSPS) is 11.4. The summed E-state index contributed by atoms with van der Waals surface area (Å²) in [4.78, 5) is 21.8. The molecule has 0 saturated heterocycles. The molecule has 20 heavy (non-hydrogen) atoms. The van der Waals surface area contributed by atoms with Crippen LogP contribution >= 0.6 is 11.6 Å². The molecule has 1 rings (SSSR count). The van der Waals surface area contributed by atoms with Gasteiger partial charge in [-0.25, -0.2) is 4.79 Å². The molecule has 0 radical (unpaired) electrons. The van der Waals surface area contributed by atoms with E-state index >= 15 is 0 Å². The quantitative estimate of drug-likeness (QED) is 0.475. The summed E-state index contributed by atoms with van der Waals surface area (Å²) in [5.41, 5.74) is 0.0960. The minimum absolute atomic E-state index is 0.185. The smallest absolute Gasteiger partial charge is 0.344 e. The topological polar surface area (TPSA) is 52.6 Å². The highest BCUT2D eigenvalue weighted by Crippen LogP contribution is 2.23. The molecule has 0 aliphatic heterocycles. The summed E-state index contributed by atoms with van der Waals surface area (Å²) in [5.74, 6) is 0.0308. The van der Waals surface area contributed by atoms with Crippen molar-refractivity contribution in [2.24, 2.45) is 0 Å². The molecule has 1 aromatic rings. The van der Waals surface area contributed by atoms with E-state index < -0.39 is 11.6 Å². The number of allylic oxidation sites excluding steroid dienone is 1. The van der Waals surface area contributed by atoms with Crippen molar-refractivity contribution >= 4 is 29.9 Å². The molecule has 1 aromatic carbocycles. The Bertz CT molecular complexity index is 515. The number of halogens is 1. The van der Waals surface area contributed by atoms with E-state index in [4.69, 9.17) is 21.1 Å². The number of rotatable bonds is 5. The molecule has 0 aliphatic rings. The summed E-state index contributed by atoms with van der Waals surface area (Å²) >= 11 is 5.97. The third kappa shape index (κ3) is 5.89. The van der Waals surface area contributed by atoms with Gasteiger partial charge in [-0.15, -0.1) is 0 Å². The second kappa shape index (κ2) is 7.10. The molecule has 0 aromatic heterocycles. The van der Waals surface area contributed by atoms with Crippen molar-refractivity contribution in [3.63, 3.8) is 0 Å². The van der Waals surface area contributed by atoms with Gasteiger partial charge in [-0.2, -0.15) is 0 Å². The van der Waals surface area contributed by atoms with Gasteiger partial charge in [-0.1, -0.05) is 17.7 Å². The summed E-state index contributed by atoms with van der Waals surface area (Å²) in [5, 5.41) is 0.493. The first-order chi connectivity index (χ1) is 9.31. The minimum Gasteiger partial charge on any atom is -0.482 e. The summed E-state index contributed by atoms with van der Waals surface area (Å²) in [6, 6.07) is 4.92. The molecule has 0 saturated carbocycles. The fourth-order valence-corrected chi connectivity index (χ4v) is 1.58. The van der Waals surface area contributed by atoms with Gasteiger partial charge in [-0.3, -0.25) is 4.79 Å². The number of ether oxygens (including phenoxy) is 2. The standard InChI is InChI=1S/C15H17ClO4/c1-15(2,3)20-14(18)10-19-12-6-7-13(16)11(9-12)5-4-8-17/h4-9H,10H2,1-3H3/b5-4+. The van der Waals surface area contributed by atoms with Crippen LogP contribution in [0.1, 0.15) is 26.3 Å². The molecule has 108 valence electrons. The maximum Gasteiger partial charge on any atom is 0.344 e. The van der Waals surface area contributed by atoms with Crippen LogP contribution in [0, 0.1) is 0 Å². The fraction of sp³-hybridized carbons (Fsp3) is 0.333. The Morgan fingerprint density at radius 3 is 2.65 bits per heavy atom. The van der Waals surface area contributed by atoms with Crippen molar-refractivity contribution in [2.45, 2.75) is 26.4 Å². The lowest BCUT2D eigenvalue weighted by molar-refractivity contribution is -0.157. The molecule has 0 unspecified atom stereocenters. The van der Waals surface area contributed by atoms with Gasteiger partial charge < -0.3 is 9.47 Å². The lowest BCUT2D eigenvalue weighted by Gasteiger charge is -2.19. The van der Waals surface area contributed by atoms with E-state index in [1.807, 2.05) is 0 Å². The number of hydrogen-bond acceptors (Lipinski definition) is 4. The summed E-state index contributed by atoms with van der Waals surface area (Å²) in [6.45, 7) is 5.18. The predicted molar refractivity (Wildman–Crippen MR) is 77.9 cm³/mol. The van der Waals surface area contributed by atoms with Crippen LogP contribution in [0.15, 0.2) is 24.3 Å². The van der Waals surface area contributed by atoms with Gasteiger partial charge in [0.1, 0.15) is 17.6 Å². The summed E-state index contributed by atoms with van der Waals surface area (Å²) < 4.78 is 10.5. The molecular formula is C15H17ClO4. The van der Waals surface area contributed by atoms with E-state index in [9.17, 15) is 9.59 Å². The van der Waals surface area contributed by atoms with Crippen LogP contribution in [0.5, 0.6) is 5.75 Å². The summed E-state index contributed by atoms with van der Waals surface area (Å²) in [7, 11) is 0. The minimum atomic E-state index is -0.543. The highest BCUT2D eigenvalue weighted by molar-refractivity contribution is 6.32. The van der Waals surface area contributed by atoms with Gasteiger partial charge in [0.15, 0.2) is 6.61 Å². The van der Waals surface area contributed by atoms with Gasteiger partial charge in [0.05, 0.1) is 0 Å². The average Bonchev–Trinajstić information content (AvgIpc) is 2.34. The van der Waals surface area contributed by atoms with Crippen molar-refractivity contribution in [3.8, 4) is 5.75 Å². The van der Waals surface area contributed by atoms with E-state index in [2.05, 4.69) is 0 Å². The average molecular weight is 297 g/mol. The second-order valence-corrected chi connectivity index (χ2v) is 5.46. The van der Waals surface area contributed by atoms with Crippen LogP contribution in [-0.2, 0) is 14.3 Å². The number of aldehydes is 1. The zero-order chi connectivity index (χ0) is 15.2. The van der Waals surface area contributed by atoms with E-state index in [-0.39, 0.29) is 6.61 Å². The SMILES string of the molecule is CC(C)(C)OC(=O)COc1ccc(Cl)c(/C=C/C=O)c1. The van der Waals surface area contributed by atoms with Gasteiger partial charge in [0.2, 0.25) is 0 Å². The van der Waals surface area contributed by atoms with Crippen LogP contribution in [0.3, 0.4) is 0 Å². The molecule has 5 heteroatoms. The van der Waals surface area contributed by atoms with Crippen molar-refractivity contribution in [3.05, 3.63) is 34.9 Å². The highest BCUT2D eigenvalue weighted by atomic mass is 35.5. The first kappa shape index (κ1) is 16.2. The predicted octanol–water partition coefficient (Wildman–Crippen LogP) is 3.27. The molecule has 4 nitrogen and oxygen atoms in total. The van der Waals surface area contributed by atoms with Gasteiger partial charge in [0.25, 0.3) is 0 Å². The molecule has 0 spiro atoms. The Kier molecular flexibility index (Phi) is 5.77. The van der Waals surface area contributed by atoms with E-state index in [1.165, 1.54) is 6.08 Å². The molecule has 0 aliphatic carbocycles. The number of hydrogen-bond donors (Lipinski definition) is 0. The molecule has 0 N–H and O–H groups in total. The molecular weight excluding hydrogens is 280 g/mol. The van der Waals surface area contributed by atoms with E-state index in [0.29, 0.717) is 22.6 Å². The number of esters is 1. The second-order valence-electron chi connectivity index (χ2n) is 5.05. The van der Waals surface area contributed by atoms with Crippen LogP contribution < -0.4 is 4.74 Å². The third-order valence-electron chi connectivity index (χ3n) is 2.10. The lowest BCUT2D eigenvalue weighted by Crippen LogP contribution is -2.27. The first-order valence-corrected chi connectivity index (χ1v) is 6.45. The van der Waals surface area contributed by atoms with Crippen molar-refractivity contribution in [1.29, 1.82) is 0 Å². The lowest BCUT2D eigenvalue weighted by atomic mass is 10.2. The molecule has 0 bridgehead atoms. The van der Waals surface area contributed by atoms with Crippen LogP contribution in [-0.4, -0.2) is 24.5 Å². The highest BCUT2D eigenvalue weighted by Gasteiger charge is 2.16. The number of carbonyl (C=O) groups excluding carboxylic acids is 2. The Balaban J connectivity index is 2.67. The third-order valence-corrected chi connectivity index (χ3v) is 2.44. The molecule has 0 atom stereocenters. The molecule has 0 amide bonds. The van der Waals surface area contributed by atoms with Crippen LogP contribution in [0.4, 0.5) is 0 Å². The van der Waals surface area contributed by atoms with Crippen LogP contribution in [0.2, 0.25) is 5.02 Å². The Labute approximate surface area is 123 Å². The van der Waals surface area contributed by atoms with Gasteiger partial charge >= 0.3 is 5.97 Å². The Morgan fingerprint density at radius 1 is 1.35 bits per heavy atom. The number of carbonyl (C=O) groups is 2. The molecule has 0 heterocycles. The maximum absolute atomic E-state index is 11.5. The maximum atomic E-state index is 11.5. The van der Waals surface area contributed by atoms with Crippen molar-refractivity contribution in [2.75, 3.05) is 6.61 Å². The Hall–Kier alpha value is -1.81. The molecule has 0 fully saturated rings. The monoisotopic (exact) mass is 296 g/mol. The van der Waals surface area contributed by atoms with Gasteiger partial charge in [-0.05, 0) is 50.6 Å². The zero-order valence-electron chi connectivity index (χ0n) is 11.7. The van der Waals surface area contributed by atoms with E-state index in [1.54, 1.807) is 45.0 Å². The summed E-state index contributed by atoms with van der Waals surface area (Å²) in [6.07, 6.45) is 3.55.